The van der Waals surface area contributed by atoms with E-state index in [1.807, 2.05) is 17.1 Å². The number of hydrogen-bond acceptors (Lipinski definition) is 4. The summed E-state index contributed by atoms with van der Waals surface area (Å²) in [5.41, 5.74) is 3.92. The van der Waals surface area contributed by atoms with Crippen molar-refractivity contribution in [3.05, 3.63) is 18.0 Å². The highest BCUT2D eigenvalue weighted by Crippen LogP contribution is 2.21. The van der Waals surface area contributed by atoms with Gasteiger partial charge in [0.05, 0.1) is 18.3 Å². The molecular weight excluding hydrogens is 216 g/mol. The molecule has 17 heavy (non-hydrogen) atoms. The van der Waals surface area contributed by atoms with Crippen molar-refractivity contribution < 1.29 is 4.74 Å². The van der Waals surface area contributed by atoms with Crippen LogP contribution in [0.2, 0.25) is 0 Å². The summed E-state index contributed by atoms with van der Waals surface area (Å²) in [5.74, 6) is 5.63. The second kappa shape index (κ2) is 7.42. The lowest BCUT2D eigenvalue weighted by Crippen LogP contribution is -2.37. The number of nitrogens with zero attached hydrogens (tertiary/aromatic N) is 2. The lowest BCUT2D eigenvalue weighted by Gasteiger charge is -2.24. The molecule has 2 atom stereocenters. The number of hydrazine groups is 1. The van der Waals surface area contributed by atoms with Crippen LogP contribution in [0, 0.1) is 0 Å². The molecule has 5 heteroatoms. The molecule has 1 aromatic rings. The van der Waals surface area contributed by atoms with Crippen LogP contribution >= 0.6 is 0 Å². The predicted molar refractivity (Wildman–Crippen MR) is 68.3 cm³/mol. The third kappa shape index (κ3) is 3.80. The smallest absolute Gasteiger partial charge is 0.0780 e. The van der Waals surface area contributed by atoms with Crippen LogP contribution in [-0.4, -0.2) is 23.0 Å². The van der Waals surface area contributed by atoms with E-state index in [1.165, 1.54) is 0 Å². The largest absolute Gasteiger partial charge is 0.379 e. The Hall–Kier alpha value is -0.910. The number of hydrogen-bond donors (Lipinski definition) is 2. The third-order valence-corrected chi connectivity index (χ3v) is 2.89. The van der Waals surface area contributed by atoms with Crippen LogP contribution in [0.5, 0.6) is 0 Å². The minimum absolute atomic E-state index is 0.00514. The van der Waals surface area contributed by atoms with Gasteiger partial charge in [0.15, 0.2) is 0 Å². The predicted octanol–water partition coefficient (Wildman–Crippen LogP) is 1.61. The number of nitrogens with two attached hydrogens (primary N) is 1. The first-order valence-electron chi connectivity index (χ1n) is 6.28. The Morgan fingerprint density at radius 1 is 1.47 bits per heavy atom. The summed E-state index contributed by atoms with van der Waals surface area (Å²) < 4.78 is 7.43. The van der Waals surface area contributed by atoms with E-state index in [1.54, 1.807) is 7.11 Å². The van der Waals surface area contributed by atoms with E-state index in [2.05, 4.69) is 24.4 Å². The molecule has 1 aromatic heterocycles. The zero-order valence-electron chi connectivity index (χ0n) is 11.0. The van der Waals surface area contributed by atoms with Crippen LogP contribution in [0.1, 0.15) is 44.7 Å². The second-order valence-corrected chi connectivity index (χ2v) is 4.24. The monoisotopic (exact) mass is 240 g/mol. The highest BCUT2D eigenvalue weighted by Gasteiger charge is 2.22. The van der Waals surface area contributed by atoms with Gasteiger partial charge in [0.2, 0.25) is 0 Å². The van der Waals surface area contributed by atoms with Crippen molar-refractivity contribution in [3.8, 4) is 0 Å². The van der Waals surface area contributed by atoms with Gasteiger partial charge in [-0.25, -0.2) is 0 Å². The van der Waals surface area contributed by atoms with E-state index < -0.39 is 0 Å². The Balaban J connectivity index is 2.76. The summed E-state index contributed by atoms with van der Waals surface area (Å²) in [4.78, 5) is 0. The number of ether oxygens (including phenoxy) is 1. The average Bonchev–Trinajstić information content (AvgIpc) is 2.78. The Bertz CT molecular complexity index is 313. The lowest BCUT2D eigenvalue weighted by atomic mass is 10.0. The van der Waals surface area contributed by atoms with Gasteiger partial charge in [0, 0.05) is 25.4 Å². The number of rotatable bonds is 8. The molecular formula is C12H24N4O. The Morgan fingerprint density at radius 2 is 2.24 bits per heavy atom. The first-order chi connectivity index (χ1) is 8.26. The topological polar surface area (TPSA) is 65.1 Å². The van der Waals surface area contributed by atoms with Gasteiger partial charge in [-0.15, -0.1) is 0 Å². The van der Waals surface area contributed by atoms with Crippen molar-refractivity contribution in [1.82, 2.24) is 15.2 Å². The van der Waals surface area contributed by atoms with Crippen LogP contribution in [0.4, 0.5) is 0 Å². The number of aromatic nitrogens is 2. The van der Waals surface area contributed by atoms with Crippen molar-refractivity contribution in [1.29, 1.82) is 0 Å². The highest BCUT2D eigenvalue weighted by molar-refractivity contribution is 5.12. The van der Waals surface area contributed by atoms with E-state index >= 15 is 0 Å². The van der Waals surface area contributed by atoms with Crippen LogP contribution in [0.15, 0.2) is 12.4 Å². The van der Waals surface area contributed by atoms with Crippen LogP contribution in [0.3, 0.4) is 0 Å². The van der Waals surface area contributed by atoms with Crippen molar-refractivity contribution in [2.45, 2.75) is 51.8 Å². The van der Waals surface area contributed by atoms with E-state index in [9.17, 15) is 0 Å². The Morgan fingerprint density at radius 3 is 2.76 bits per heavy atom. The Labute approximate surface area is 103 Å². The maximum absolute atomic E-state index is 5.63. The molecule has 0 bridgehead atoms. The van der Waals surface area contributed by atoms with E-state index in [4.69, 9.17) is 10.6 Å². The lowest BCUT2D eigenvalue weighted by molar-refractivity contribution is 0.0606. The summed E-state index contributed by atoms with van der Waals surface area (Å²) in [5, 5.41) is 4.32. The molecule has 1 heterocycles. The SMILES string of the molecule is CCCC(OC)C(NN)c1cnn(CCC)c1. The van der Waals surface area contributed by atoms with Crippen molar-refractivity contribution in [3.63, 3.8) is 0 Å². The molecule has 5 nitrogen and oxygen atoms in total. The molecule has 0 radical (unpaired) electrons. The Kier molecular flexibility index (Phi) is 6.18. The number of methoxy groups -OCH3 is 1. The van der Waals surface area contributed by atoms with E-state index in [-0.39, 0.29) is 12.1 Å². The molecule has 0 aromatic carbocycles. The fourth-order valence-corrected chi connectivity index (χ4v) is 2.01. The van der Waals surface area contributed by atoms with Gasteiger partial charge in [0.1, 0.15) is 0 Å². The molecule has 0 fully saturated rings. The van der Waals surface area contributed by atoms with Crippen molar-refractivity contribution >= 4 is 0 Å². The van der Waals surface area contributed by atoms with Crippen LogP contribution in [-0.2, 0) is 11.3 Å². The molecule has 0 saturated carbocycles. The minimum atomic E-state index is 0.00514. The molecule has 98 valence electrons. The van der Waals surface area contributed by atoms with Crippen molar-refractivity contribution in [2.24, 2.45) is 5.84 Å². The summed E-state index contributed by atoms with van der Waals surface area (Å²) in [6.45, 7) is 5.21. The second-order valence-electron chi connectivity index (χ2n) is 4.24. The van der Waals surface area contributed by atoms with Gasteiger partial charge in [-0.2, -0.15) is 5.10 Å². The van der Waals surface area contributed by atoms with Gasteiger partial charge >= 0.3 is 0 Å². The molecule has 0 saturated heterocycles. The molecule has 0 spiro atoms. The fourth-order valence-electron chi connectivity index (χ4n) is 2.01. The summed E-state index contributed by atoms with van der Waals surface area (Å²) in [6, 6.07) is 0.00514. The van der Waals surface area contributed by atoms with E-state index in [0.717, 1.165) is 31.4 Å². The average molecular weight is 240 g/mol. The minimum Gasteiger partial charge on any atom is -0.379 e. The molecule has 2 unspecified atom stereocenters. The zero-order valence-corrected chi connectivity index (χ0v) is 11.0. The molecule has 3 N–H and O–H groups in total. The molecule has 1 rings (SSSR count). The fraction of sp³-hybridized carbons (Fsp3) is 0.750. The summed E-state index contributed by atoms with van der Waals surface area (Å²) >= 11 is 0. The van der Waals surface area contributed by atoms with Gasteiger partial charge in [-0.05, 0) is 12.8 Å². The van der Waals surface area contributed by atoms with Gasteiger partial charge in [-0.3, -0.25) is 16.0 Å². The quantitative estimate of drug-likeness (QED) is 0.535. The number of aryl methyl sites for hydroxylation is 1. The molecule has 0 amide bonds. The summed E-state index contributed by atoms with van der Waals surface area (Å²) in [6.07, 6.45) is 7.11. The van der Waals surface area contributed by atoms with E-state index in [0.29, 0.717) is 0 Å². The maximum atomic E-state index is 5.63. The molecule has 0 aliphatic heterocycles. The van der Waals surface area contributed by atoms with Crippen LogP contribution in [0.25, 0.3) is 0 Å². The summed E-state index contributed by atoms with van der Waals surface area (Å²) in [7, 11) is 1.72. The molecule has 0 aliphatic rings. The van der Waals surface area contributed by atoms with Crippen molar-refractivity contribution in [2.75, 3.05) is 7.11 Å². The normalized spacial score (nSPS) is 14.8. The molecule has 0 aliphatic carbocycles. The highest BCUT2D eigenvalue weighted by atomic mass is 16.5. The number of nitrogens with one attached hydrogen (secondary N) is 1. The van der Waals surface area contributed by atoms with Gasteiger partial charge < -0.3 is 4.74 Å². The maximum Gasteiger partial charge on any atom is 0.0780 e. The standard InChI is InChI=1S/C12H24N4O/c1-4-6-11(17-3)12(15-13)10-8-14-16(9-10)7-5-2/h8-9,11-12,15H,4-7,13H2,1-3H3. The van der Waals surface area contributed by atoms with Gasteiger partial charge in [-0.1, -0.05) is 20.3 Å². The van der Waals surface area contributed by atoms with Crippen LogP contribution < -0.4 is 11.3 Å². The van der Waals surface area contributed by atoms with Gasteiger partial charge in [0.25, 0.3) is 0 Å². The first-order valence-corrected chi connectivity index (χ1v) is 6.28. The zero-order chi connectivity index (χ0) is 12.7. The first kappa shape index (κ1) is 14.2. The third-order valence-electron chi connectivity index (χ3n) is 2.89.